The highest BCUT2D eigenvalue weighted by atomic mass is 16.5. The normalized spacial score (nSPS) is 15.4. The summed E-state index contributed by atoms with van der Waals surface area (Å²) in [7, 11) is 1.58. The lowest BCUT2D eigenvalue weighted by atomic mass is 9.98. The third-order valence-electron chi connectivity index (χ3n) is 7.35. The smallest absolute Gasteiger partial charge is 0.407 e. The molecule has 1 heterocycles. The average molecular weight is 501 g/mol. The number of hydrogen-bond donors (Lipinski definition) is 2. The molecular formula is C30H32N2O5. The highest BCUT2D eigenvalue weighted by Gasteiger charge is 2.30. The van der Waals surface area contributed by atoms with Crippen LogP contribution < -0.4 is 15.0 Å². The number of fused-ring (bicyclic) bond motifs is 3. The topological polar surface area (TPSA) is 88.1 Å². The minimum atomic E-state index is -1.15. The molecule has 2 aliphatic rings. The van der Waals surface area contributed by atoms with Crippen molar-refractivity contribution in [1.29, 1.82) is 0 Å². The lowest BCUT2D eigenvalue weighted by molar-refractivity contribution is -0.139. The van der Waals surface area contributed by atoms with E-state index in [1.807, 2.05) is 54.6 Å². The predicted octanol–water partition coefficient (Wildman–Crippen LogP) is 5.22. The van der Waals surface area contributed by atoms with E-state index in [1.165, 1.54) is 6.42 Å². The van der Waals surface area contributed by atoms with Gasteiger partial charge in [-0.05, 0) is 53.1 Å². The van der Waals surface area contributed by atoms with Gasteiger partial charge < -0.3 is 24.8 Å². The number of aliphatic carboxylic acids is 1. The molecule has 1 aliphatic carbocycles. The summed E-state index contributed by atoms with van der Waals surface area (Å²) in [5, 5.41) is 12.4. The van der Waals surface area contributed by atoms with Crippen molar-refractivity contribution in [2.45, 2.75) is 37.6 Å². The molecule has 1 aliphatic heterocycles. The minimum Gasteiger partial charge on any atom is -0.496 e. The summed E-state index contributed by atoms with van der Waals surface area (Å²) < 4.78 is 11.1. The van der Waals surface area contributed by atoms with Crippen LogP contribution >= 0.6 is 0 Å². The van der Waals surface area contributed by atoms with E-state index in [1.54, 1.807) is 7.11 Å². The fourth-order valence-electron chi connectivity index (χ4n) is 5.45. The largest absolute Gasteiger partial charge is 0.496 e. The van der Waals surface area contributed by atoms with Gasteiger partial charge in [0.2, 0.25) is 0 Å². The lowest BCUT2D eigenvalue weighted by Crippen LogP contribution is -2.43. The Balaban J connectivity index is 1.25. The summed E-state index contributed by atoms with van der Waals surface area (Å²) in [5.41, 5.74) is 6.26. The van der Waals surface area contributed by atoms with E-state index in [0.717, 1.165) is 59.4 Å². The molecule has 7 nitrogen and oxygen atoms in total. The zero-order chi connectivity index (χ0) is 25.8. The van der Waals surface area contributed by atoms with Crippen LogP contribution in [-0.2, 0) is 16.0 Å². The number of nitrogens with zero attached hydrogens (tertiary/aromatic N) is 1. The Morgan fingerprint density at radius 3 is 2.24 bits per heavy atom. The molecule has 1 unspecified atom stereocenters. The van der Waals surface area contributed by atoms with E-state index in [2.05, 4.69) is 22.3 Å². The van der Waals surface area contributed by atoms with Crippen molar-refractivity contribution >= 4 is 17.7 Å². The van der Waals surface area contributed by atoms with Gasteiger partial charge in [0.05, 0.1) is 7.11 Å². The summed E-state index contributed by atoms with van der Waals surface area (Å²) >= 11 is 0. The summed E-state index contributed by atoms with van der Waals surface area (Å²) in [5.74, 6) is -0.608. The van der Waals surface area contributed by atoms with Gasteiger partial charge in [0.1, 0.15) is 18.4 Å². The van der Waals surface area contributed by atoms with E-state index in [4.69, 9.17) is 9.47 Å². The third-order valence-corrected chi connectivity index (χ3v) is 7.35. The monoisotopic (exact) mass is 500 g/mol. The minimum absolute atomic E-state index is 0.0863. The second kappa shape index (κ2) is 10.9. The Kier molecular flexibility index (Phi) is 7.30. The molecule has 0 radical (unpaired) electrons. The first-order valence-corrected chi connectivity index (χ1v) is 12.8. The zero-order valence-corrected chi connectivity index (χ0v) is 21.0. The SMILES string of the molecule is COc1cc(N2CCCCC2)ccc1CC(NC(=O)OCC1c2ccccc2-c2ccccc21)C(=O)O. The van der Waals surface area contributed by atoms with Crippen molar-refractivity contribution < 1.29 is 24.2 Å². The second-order valence-electron chi connectivity index (χ2n) is 9.61. The number of amides is 1. The summed E-state index contributed by atoms with van der Waals surface area (Å²) in [6.45, 7) is 2.13. The molecule has 0 spiro atoms. The van der Waals surface area contributed by atoms with Crippen molar-refractivity contribution in [2.24, 2.45) is 0 Å². The van der Waals surface area contributed by atoms with Gasteiger partial charge in [0.25, 0.3) is 0 Å². The number of hydrogen-bond acceptors (Lipinski definition) is 5. The number of nitrogens with one attached hydrogen (secondary N) is 1. The summed E-state index contributed by atoms with van der Waals surface area (Å²) in [4.78, 5) is 27.0. The Hall–Kier alpha value is -4.00. The van der Waals surface area contributed by atoms with E-state index in [0.29, 0.717) is 5.75 Å². The number of carbonyl (C=O) groups excluding carboxylic acids is 1. The molecule has 7 heteroatoms. The molecule has 0 bridgehead atoms. The van der Waals surface area contributed by atoms with Gasteiger partial charge in [-0.1, -0.05) is 54.6 Å². The molecule has 0 aromatic heterocycles. The number of piperidine rings is 1. The van der Waals surface area contributed by atoms with Crippen molar-refractivity contribution in [3.05, 3.63) is 83.4 Å². The first-order chi connectivity index (χ1) is 18.0. The van der Waals surface area contributed by atoms with Gasteiger partial charge in [-0.15, -0.1) is 0 Å². The molecular weight excluding hydrogens is 468 g/mol. The van der Waals surface area contributed by atoms with E-state index < -0.39 is 18.1 Å². The van der Waals surface area contributed by atoms with Crippen molar-refractivity contribution in [2.75, 3.05) is 31.7 Å². The molecule has 0 saturated carbocycles. The van der Waals surface area contributed by atoms with Crippen LogP contribution in [0.3, 0.4) is 0 Å². The van der Waals surface area contributed by atoms with E-state index in [-0.39, 0.29) is 18.9 Å². The van der Waals surface area contributed by atoms with E-state index >= 15 is 0 Å². The number of alkyl carbamates (subject to hydrolysis) is 1. The molecule has 5 rings (SSSR count). The maximum Gasteiger partial charge on any atom is 0.407 e. The number of benzene rings is 3. The van der Waals surface area contributed by atoms with Gasteiger partial charge in [-0.3, -0.25) is 0 Å². The number of rotatable bonds is 8. The van der Waals surface area contributed by atoms with Crippen LogP contribution in [0.4, 0.5) is 10.5 Å². The van der Waals surface area contributed by atoms with Crippen LogP contribution in [0.5, 0.6) is 5.75 Å². The molecule has 37 heavy (non-hydrogen) atoms. The van der Waals surface area contributed by atoms with Crippen molar-refractivity contribution in [1.82, 2.24) is 5.32 Å². The fourth-order valence-corrected chi connectivity index (χ4v) is 5.45. The Labute approximate surface area is 217 Å². The van der Waals surface area contributed by atoms with Gasteiger partial charge in [-0.25, -0.2) is 9.59 Å². The Morgan fingerprint density at radius 1 is 0.973 bits per heavy atom. The van der Waals surface area contributed by atoms with Crippen LogP contribution in [0, 0.1) is 0 Å². The van der Waals surface area contributed by atoms with Gasteiger partial charge in [-0.2, -0.15) is 0 Å². The lowest BCUT2D eigenvalue weighted by Gasteiger charge is -2.29. The number of anilines is 1. The highest BCUT2D eigenvalue weighted by molar-refractivity contribution is 5.81. The molecule has 3 aromatic rings. The number of methoxy groups -OCH3 is 1. The molecule has 1 atom stereocenters. The molecule has 1 saturated heterocycles. The molecule has 1 amide bonds. The predicted molar refractivity (Wildman–Crippen MR) is 142 cm³/mol. The molecule has 2 N–H and O–H groups in total. The van der Waals surface area contributed by atoms with Gasteiger partial charge >= 0.3 is 12.1 Å². The van der Waals surface area contributed by atoms with Crippen LogP contribution in [0.1, 0.15) is 41.9 Å². The van der Waals surface area contributed by atoms with Crippen molar-refractivity contribution in [3.8, 4) is 16.9 Å². The fraction of sp³-hybridized carbons (Fsp3) is 0.333. The quantitative estimate of drug-likeness (QED) is 0.441. The summed E-state index contributed by atoms with van der Waals surface area (Å²) in [6.07, 6.45) is 2.90. The Bertz CT molecular complexity index is 1240. The summed E-state index contributed by atoms with van der Waals surface area (Å²) in [6, 6.07) is 20.8. The standard InChI is InChI=1S/C30H32N2O5/c1-36-28-18-21(32-15-7-2-8-16-32)14-13-20(28)17-27(29(33)34)31-30(35)37-19-26-24-11-5-3-9-22(24)23-10-4-6-12-25(23)26/h3-6,9-14,18,26-27H,2,7-8,15-17,19H2,1H3,(H,31,35)(H,33,34). The van der Waals surface area contributed by atoms with Crippen molar-refractivity contribution in [3.63, 3.8) is 0 Å². The number of carboxylic acids is 1. The molecule has 1 fully saturated rings. The number of ether oxygens (including phenoxy) is 2. The average Bonchev–Trinajstić information content (AvgIpc) is 3.25. The second-order valence-corrected chi connectivity index (χ2v) is 9.61. The number of carbonyl (C=O) groups is 2. The van der Waals surface area contributed by atoms with Crippen LogP contribution in [0.25, 0.3) is 11.1 Å². The first kappa shape index (κ1) is 24.7. The van der Waals surface area contributed by atoms with Crippen LogP contribution in [0.15, 0.2) is 66.7 Å². The maximum atomic E-state index is 12.7. The van der Waals surface area contributed by atoms with Crippen LogP contribution in [0.2, 0.25) is 0 Å². The first-order valence-electron chi connectivity index (χ1n) is 12.8. The number of carboxylic acid groups (broad SMARTS) is 1. The molecule has 3 aromatic carbocycles. The third kappa shape index (κ3) is 5.26. The van der Waals surface area contributed by atoms with Gasteiger partial charge in [0, 0.05) is 37.2 Å². The maximum absolute atomic E-state index is 12.7. The zero-order valence-electron chi connectivity index (χ0n) is 21.0. The highest BCUT2D eigenvalue weighted by Crippen LogP contribution is 2.44. The van der Waals surface area contributed by atoms with Crippen LogP contribution in [-0.4, -0.2) is 50.0 Å². The van der Waals surface area contributed by atoms with Gasteiger partial charge in [0.15, 0.2) is 0 Å². The van der Waals surface area contributed by atoms with E-state index in [9.17, 15) is 14.7 Å². The Morgan fingerprint density at radius 2 is 1.62 bits per heavy atom. The molecule has 192 valence electrons.